The number of hydrogen-bond acceptors (Lipinski definition) is 4. The first-order chi connectivity index (χ1) is 14.3. The van der Waals surface area contributed by atoms with Gasteiger partial charge in [-0.1, -0.05) is 36.4 Å². The molecule has 1 aliphatic heterocycles. The molecular formula is C23H26N4O2. The fraction of sp³-hybridized carbons (Fsp3) is 0.304. The maximum Gasteiger partial charge on any atom is 0.251 e. The normalized spacial score (nSPS) is 14.6. The Balaban J connectivity index is 1.26. The quantitative estimate of drug-likeness (QED) is 0.674. The van der Waals surface area contributed by atoms with Gasteiger partial charge in [0.1, 0.15) is 0 Å². The van der Waals surface area contributed by atoms with Crippen LogP contribution in [0.5, 0.6) is 0 Å². The van der Waals surface area contributed by atoms with E-state index in [0.29, 0.717) is 12.1 Å². The smallest absolute Gasteiger partial charge is 0.251 e. The number of morpholine rings is 1. The molecule has 150 valence electrons. The van der Waals surface area contributed by atoms with E-state index in [1.807, 2.05) is 35.0 Å². The number of hydrogen-bond donors (Lipinski definition) is 1. The number of carbonyl (C=O) groups is 1. The van der Waals surface area contributed by atoms with E-state index in [0.717, 1.165) is 50.5 Å². The average molecular weight is 390 g/mol. The third kappa shape index (κ3) is 5.53. The van der Waals surface area contributed by atoms with Crippen LogP contribution in [0, 0.1) is 0 Å². The van der Waals surface area contributed by atoms with Crippen molar-refractivity contribution in [2.75, 3.05) is 26.3 Å². The molecule has 1 aliphatic rings. The van der Waals surface area contributed by atoms with E-state index in [4.69, 9.17) is 4.74 Å². The van der Waals surface area contributed by atoms with Crippen LogP contribution < -0.4 is 5.32 Å². The third-order valence-corrected chi connectivity index (χ3v) is 5.13. The lowest BCUT2D eigenvalue weighted by atomic mass is 10.1. The Morgan fingerprint density at radius 3 is 2.28 bits per heavy atom. The molecule has 1 saturated heterocycles. The Bertz CT molecular complexity index is 899. The Morgan fingerprint density at radius 1 is 0.931 bits per heavy atom. The van der Waals surface area contributed by atoms with Crippen LogP contribution in [-0.2, 0) is 24.4 Å². The summed E-state index contributed by atoms with van der Waals surface area (Å²) in [5.41, 5.74) is 4.19. The standard InChI is InChI=1S/C23H26N4O2/c28-23(22-7-5-21(6-8-22)17-27-10-9-24-18-27)25-15-19-1-3-20(4-2-19)16-26-11-13-29-14-12-26/h1-10,18H,11-17H2,(H,25,28). The molecule has 4 rings (SSSR count). The molecule has 1 fully saturated rings. The number of amides is 1. The fourth-order valence-corrected chi connectivity index (χ4v) is 3.42. The monoisotopic (exact) mass is 390 g/mol. The number of carbonyl (C=O) groups excluding carboxylic acids is 1. The summed E-state index contributed by atoms with van der Waals surface area (Å²) in [6.07, 6.45) is 5.47. The first-order valence-corrected chi connectivity index (χ1v) is 9.97. The van der Waals surface area contributed by atoms with Crippen molar-refractivity contribution in [1.82, 2.24) is 19.8 Å². The number of nitrogens with zero attached hydrogens (tertiary/aromatic N) is 3. The van der Waals surface area contributed by atoms with Crippen molar-refractivity contribution in [3.05, 3.63) is 89.5 Å². The second-order valence-electron chi connectivity index (χ2n) is 7.32. The molecule has 0 spiro atoms. The second kappa shape index (κ2) is 9.49. The molecule has 6 heteroatoms. The van der Waals surface area contributed by atoms with E-state index in [-0.39, 0.29) is 5.91 Å². The van der Waals surface area contributed by atoms with Crippen LogP contribution in [0.25, 0.3) is 0 Å². The van der Waals surface area contributed by atoms with Crippen LogP contribution in [0.3, 0.4) is 0 Å². The zero-order valence-electron chi connectivity index (χ0n) is 16.5. The molecule has 3 aromatic rings. The summed E-state index contributed by atoms with van der Waals surface area (Å²) in [6, 6.07) is 16.2. The van der Waals surface area contributed by atoms with Crippen molar-refractivity contribution in [2.45, 2.75) is 19.6 Å². The molecule has 0 atom stereocenters. The van der Waals surface area contributed by atoms with Crippen molar-refractivity contribution in [3.63, 3.8) is 0 Å². The van der Waals surface area contributed by atoms with Gasteiger partial charge in [0.2, 0.25) is 0 Å². The van der Waals surface area contributed by atoms with Gasteiger partial charge in [0.05, 0.1) is 19.5 Å². The highest BCUT2D eigenvalue weighted by atomic mass is 16.5. The van der Waals surface area contributed by atoms with Crippen LogP contribution in [-0.4, -0.2) is 46.7 Å². The summed E-state index contributed by atoms with van der Waals surface area (Å²) in [7, 11) is 0. The highest BCUT2D eigenvalue weighted by Crippen LogP contribution is 2.10. The summed E-state index contributed by atoms with van der Waals surface area (Å²) in [5, 5.41) is 3.00. The van der Waals surface area contributed by atoms with Crippen LogP contribution >= 0.6 is 0 Å². The van der Waals surface area contributed by atoms with Gasteiger partial charge in [0.15, 0.2) is 0 Å². The predicted molar refractivity (Wildman–Crippen MR) is 111 cm³/mol. The molecule has 0 bridgehead atoms. The molecule has 0 saturated carbocycles. The van der Waals surface area contributed by atoms with Gasteiger partial charge in [-0.3, -0.25) is 9.69 Å². The summed E-state index contributed by atoms with van der Waals surface area (Å²) in [5.74, 6) is -0.0587. The number of aromatic nitrogens is 2. The maximum atomic E-state index is 12.4. The van der Waals surface area contributed by atoms with Crippen molar-refractivity contribution in [1.29, 1.82) is 0 Å². The van der Waals surface area contributed by atoms with Gasteiger partial charge in [0.25, 0.3) is 5.91 Å². The van der Waals surface area contributed by atoms with Gasteiger partial charge in [-0.25, -0.2) is 4.98 Å². The SMILES string of the molecule is O=C(NCc1ccc(CN2CCOCC2)cc1)c1ccc(Cn2ccnc2)cc1. The topological polar surface area (TPSA) is 59.4 Å². The molecule has 1 aromatic heterocycles. The Kier molecular flexibility index (Phi) is 6.34. The molecule has 0 unspecified atom stereocenters. The van der Waals surface area contributed by atoms with E-state index in [1.165, 1.54) is 5.56 Å². The van der Waals surface area contributed by atoms with E-state index in [2.05, 4.69) is 39.5 Å². The van der Waals surface area contributed by atoms with Crippen molar-refractivity contribution < 1.29 is 9.53 Å². The van der Waals surface area contributed by atoms with Gasteiger partial charge in [-0.05, 0) is 28.8 Å². The van der Waals surface area contributed by atoms with Crippen LogP contribution in [0.2, 0.25) is 0 Å². The first kappa shape index (κ1) is 19.4. The highest BCUT2D eigenvalue weighted by Gasteiger charge is 2.10. The summed E-state index contributed by atoms with van der Waals surface area (Å²) in [6.45, 7) is 5.81. The predicted octanol–water partition coefficient (Wildman–Crippen LogP) is 2.69. The number of imidazole rings is 1. The molecule has 29 heavy (non-hydrogen) atoms. The second-order valence-corrected chi connectivity index (χ2v) is 7.32. The fourth-order valence-electron chi connectivity index (χ4n) is 3.42. The molecule has 2 aromatic carbocycles. The minimum atomic E-state index is -0.0587. The summed E-state index contributed by atoms with van der Waals surface area (Å²) < 4.78 is 7.39. The van der Waals surface area contributed by atoms with Gasteiger partial charge < -0.3 is 14.6 Å². The van der Waals surface area contributed by atoms with Gasteiger partial charge >= 0.3 is 0 Å². The lowest BCUT2D eigenvalue weighted by molar-refractivity contribution is 0.0342. The Morgan fingerprint density at radius 2 is 1.59 bits per heavy atom. The van der Waals surface area contributed by atoms with E-state index >= 15 is 0 Å². The zero-order chi connectivity index (χ0) is 19.9. The lowest BCUT2D eigenvalue weighted by Gasteiger charge is -2.26. The Hall–Kier alpha value is -2.96. The maximum absolute atomic E-state index is 12.4. The van der Waals surface area contributed by atoms with Crippen molar-refractivity contribution in [2.24, 2.45) is 0 Å². The largest absolute Gasteiger partial charge is 0.379 e. The minimum absolute atomic E-state index is 0.0587. The van der Waals surface area contributed by atoms with Crippen LogP contribution in [0.4, 0.5) is 0 Å². The molecule has 1 N–H and O–H groups in total. The van der Waals surface area contributed by atoms with E-state index < -0.39 is 0 Å². The molecule has 6 nitrogen and oxygen atoms in total. The van der Waals surface area contributed by atoms with Gasteiger partial charge in [-0.2, -0.15) is 0 Å². The molecular weight excluding hydrogens is 364 g/mol. The Labute approximate surface area is 171 Å². The summed E-state index contributed by atoms with van der Waals surface area (Å²) >= 11 is 0. The van der Waals surface area contributed by atoms with E-state index in [9.17, 15) is 4.79 Å². The summed E-state index contributed by atoms with van der Waals surface area (Å²) in [4.78, 5) is 18.9. The number of rotatable bonds is 7. The number of benzene rings is 2. The van der Waals surface area contributed by atoms with Crippen molar-refractivity contribution in [3.8, 4) is 0 Å². The van der Waals surface area contributed by atoms with E-state index in [1.54, 1.807) is 12.5 Å². The van der Waals surface area contributed by atoms with Crippen LogP contribution in [0.15, 0.2) is 67.3 Å². The zero-order valence-corrected chi connectivity index (χ0v) is 16.5. The molecule has 0 radical (unpaired) electrons. The number of ether oxygens (including phenoxy) is 1. The first-order valence-electron chi connectivity index (χ1n) is 9.97. The van der Waals surface area contributed by atoms with Crippen molar-refractivity contribution >= 4 is 5.91 Å². The molecule has 1 amide bonds. The molecule has 2 heterocycles. The molecule has 0 aliphatic carbocycles. The average Bonchev–Trinajstić information content (AvgIpc) is 3.27. The number of nitrogens with one attached hydrogen (secondary N) is 1. The minimum Gasteiger partial charge on any atom is -0.379 e. The van der Waals surface area contributed by atoms with Gasteiger partial charge in [0, 0.05) is 50.7 Å². The van der Waals surface area contributed by atoms with Gasteiger partial charge in [-0.15, -0.1) is 0 Å². The highest BCUT2D eigenvalue weighted by molar-refractivity contribution is 5.94. The third-order valence-electron chi connectivity index (χ3n) is 5.13. The lowest BCUT2D eigenvalue weighted by Crippen LogP contribution is -2.35. The van der Waals surface area contributed by atoms with Crippen LogP contribution in [0.1, 0.15) is 27.0 Å².